The molecule has 1 saturated heterocycles. The molecule has 1 aliphatic rings. The van der Waals surface area contributed by atoms with Crippen LogP contribution < -0.4 is 19.7 Å². The van der Waals surface area contributed by atoms with E-state index in [1.807, 2.05) is 54.7 Å². The van der Waals surface area contributed by atoms with E-state index in [1.165, 1.54) is 0 Å². The number of rotatable bonds is 6. The van der Waals surface area contributed by atoms with Crippen molar-refractivity contribution in [2.45, 2.75) is 25.9 Å². The van der Waals surface area contributed by atoms with E-state index < -0.39 is 0 Å². The molecule has 0 spiro atoms. The van der Waals surface area contributed by atoms with Crippen LogP contribution in [0.4, 0.5) is 5.69 Å². The van der Waals surface area contributed by atoms with Crippen molar-refractivity contribution in [3.8, 4) is 17.2 Å². The van der Waals surface area contributed by atoms with Gasteiger partial charge in [-0.15, -0.1) is 0 Å². The fraction of sp³-hybridized carbons (Fsp3) is 0.214. The van der Waals surface area contributed by atoms with Gasteiger partial charge in [-0.3, -0.25) is 4.98 Å². The average molecular weight is 564 g/mol. The molecule has 8 heteroatoms. The largest absolute Gasteiger partial charge is 0.497 e. The minimum atomic E-state index is -0.166. The molecule has 0 bridgehead atoms. The number of thiocarbonyl (C=S) groups is 1. The second-order valence-electron chi connectivity index (χ2n) is 8.68. The van der Waals surface area contributed by atoms with Crippen molar-refractivity contribution >= 4 is 38.9 Å². The number of nitrogens with zero attached hydrogens (tertiary/aromatic N) is 3. The smallest absolute Gasteiger partial charge is 0.174 e. The van der Waals surface area contributed by atoms with Crippen LogP contribution in [0.25, 0.3) is 5.69 Å². The maximum atomic E-state index is 5.93. The van der Waals surface area contributed by atoms with Gasteiger partial charge in [0, 0.05) is 33.8 Å². The lowest BCUT2D eigenvalue weighted by molar-refractivity contribution is 0.403. The molecule has 2 aromatic heterocycles. The summed E-state index contributed by atoms with van der Waals surface area (Å²) >= 11 is 9.55. The van der Waals surface area contributed by atoms with Crippen LogP contribution >= 0.6 is 28.1 Å². The first-order valence-electron chi connectivity index (χ1n) is 11.6. The second-order valence-corrected chi connectivity index (χ2v) is 9.98. The van der Waals surface area contributed by atoms with Crippen LogP contribution in [0.3, 0.4) is 0 Å². The van der Waals surface area contributed by atoms with Gasteiger partial charge >= 0.3 is 0 Å². The predicted octanol–water partition coefficient (Wildman–Crippen LogP) is 6.45. The second kappa shape index (κ2) is 9.95. The molecule has 0 amide bonds. The van der Waals surface area contributed by atoms with E-state index in [2.05, 4.69) is 67.7 Å². The van der Waals surface area contributed by atoms with E-state index in [0.29, 0.717) is 10.9 Å². The van der Waals surface area contributed by atoms with Crippen molar-refractivity contribution in [1.82, 2.24) is 14.9 Å². The van der Waals surface area contributed by atoms with Gasteiger partial charge in [0.1, 0.15) is 11.5 Å². The third-order valence-corrected chi connectivity index (χ3v) is 7.41. The number of anilines is 1. The molecule has 0 aliphatic carbocycles. The molecule has 5 rings (SSSR count). The number of pyridine rings is 1. The quantitative estimate of drug-likeness (QED) is 0.273. The lowest BCUT2D eigenvalue weighted by Crippen LogP contribution is -2.30. The summed E-state index contributed by atoms with van der Waals surface area (Å²) < 4.78 is 14.6. The highest BCUT2D eigenvalue weighted by Gasteiger charge is 2.43. The molecular formula is C28H27BrN4O2S. The third kappa shape index (κ3) is 4.24. The first-order chi connectivity index (χ1) is 17.4. The summed E-state index contributed by atoms with van der Waals surface area (Å²) in [5.74, 6) is 1.45. The van der Waals surface area contributed by atoms with Gasteiger partial charge in [-0.2, -0.15) is 0 Å². The zero-order chi connectivity index (χ0) is 25.4. The van der Waals surface area contributed by atoms with E-state index in [0.717, 1.165) is 44.2 Å². The Labute approximate surface area is 225 Å². The first-order valence-corrected chi connectivity index (χ1v) is 12.8. The van der Waals surface area contributed by atoms with E-state index in [-0.39, 0.29) is 12.1 Å². The van der Waals surface area contributed by atoms with Gasteiger partial charge in [-0.05, 0) is 80.2 Å². The lowest BCUT2D eigenvalue weighted by atomic mass is 9.96. The number of aryl methyl sites for hydroxylation is 1. The van der Waals surface area contributed by atoms with Crippen molar-refractivity contribution in [2.24, 2.45) is 0 Å². The van der Waals surface area contributed by atoms with E-state index in [4.69, 9.17) is 21.7 Å². The van der Waals surface area contributed by atoms with E-state index in [1.54, 1.807) is 14.2 Å². The average Bonchev–Trinajstić information content (AvgIpc) is 3.38. The molecule has 3 heterocycles. The number of hydrogen-bond donors (Lipinski definition) is 1. The van der Waals surface area contributed by atoms with Gasteiger partial charge in [0.2, 0.25) is 0 Å². The molecule has 0 saturated carbocycles. The molecule has 2 atom stereocenters. The number of methoxy groups -OCH3 is 2. The molecule has 184 valence electrons. The van der Waals surface area contributed by atoms with Crippen LogP contribution in [0.1, 0.15) is 34.7 Å². The number of nitrogens with one attached hydrogen (secondary N) is 1. The maximum Gasteiger partial charge on any atom is 0.174 e. The summed E-state index contributed by atoms with van der Waals surface area (Å²) in [6.07, 6.45) is 1.82. The molecule has 0 radical (unpaired) electrons. The maximum absolute atomic E-state index is 5.93. The van der Waals surface area contributed by atoms with Crippen LogP contribution in [0.15, 0.2) is 77.4 Å². The number of halogens is 1. The Morgan fingerprint density at radius 2 is 1.81 bits per heavy atom. The van der Waals surface area contributed by atoms with Gasteiger partial charge in [0.25, 0.3) is 0 Å². The van der Waals surface area contributed by atoms with Crippen LogP contribution in [0, 0.1) is 13.8 Å². The summed E-state index contributed by atoms with van der Waals surface area (Å²) in [6, 6.07) is 22.0. The van der Waals surface area contributed by atoms with Crippen molar-refractivity contribution in [3.63, 3.8) is 0 Å². The van der Waals surface area contributed by atoms with Crippen molar-refractivity contribution in [3.05, 3.63) is 100 Å². The molecule has 6 nitrogen and oxygen atoms in total. The highest BCUT2D eigenvalue weighted by molar-refractivity contribution is 9.10. The molecular weight excluding hydrogens is 536 g/mol. The standard InChI is InChI=1S/C28H27BrN4O2S/c1-17-14-22(18(2)32(17)20-9-7-8-19(29)15-20)27-26(23-10-5-6-13-30-23)31-28(36)33(27)24-16-21(34-3)11-12-25(24)35-4/h5-16,26-27H,1-4H3,(H,31,36). The Morgan fingerprint density at radius 3 is 2.50 bits per heavy atom. The highest BCUT2D eigenvalue weighted by atomic mass is 79.9. The van der Waals surface area contributed by atoms with Crippen molar-refractivity contribution < 1.29 is 9.47 Å². The van der Waals surface area contributed by atoms with Gasteiger partial charge < -0.3 is 24.3 Å². The Kier molecular flexibility index (Phi) is 6.73. The summed E-state index contributed by atoms with van der Waals surface area (Å²) in [5.41, 5.74) is 6.27. The summed E-state index contributed by atoms with van der Waals surface area (Å²) in [4.78, 5) is 6.81. The SMILES string of the molecule is COc1ccc(OC)c(N2C(=S)NC(c3ccccn3)C2c2cc(C)n(-c3cccc(Br)c3)c2C)c1. The van der Waals surface area contributed by atoms with Gasteiger partial charge in [-0.25, -0.2) is 0 Å². The lowest BCUT2D eigenvalue weighted by Gasteiger charge is -2.29. The number of hydrogen-bond acceptors (Lipinski definition) is 4. The minimum Gasteiger partial charge on any atom is -0.497 e. The summed E-state index contributed by atoms with van der Waals surface area (Å²) in [6.45, 7) is 4.28. The molecule has 2 unspecified atom stereocenters. The van der Waals surface area contributed by atoms with Crippen LogP contribution in [0.5, 0.6) is 11.5 Å². The Bertz CT molecular complexity index is 1420. The fourth-order valence-corrected chi connectivity index (χ4v) is 5.74. The molecule has 1 fully saturated rings. The number of ether oxygens (including phenoxy) is 2. The normalized spacial score (nSPS) is 17.2. The molecule has 4 aromatic rings. The van der Waals surface area contributed by atoms with E-state index >= 15 is 0 Å². The predicted molar refractivity (Wildman–Crippen MR) is 150 cm³/mol. The topological polar surface area (TPSA) is 51.6 Å². The molecule has 1 aliphatic heterocycles. The molecule has 36 heavy (non-hydrogen) atoms. The molecule has 2 aromatic carbocycles. The summed E-state index contributed by atoms with van der Waals surface area (Å²) in [7, 11) is 3.33. The van der Waals surface area contributed by atoms with Crippen LogP contribution in [-0.4, -0.2) is 28.9 Å². The zero-order valence-electron chi connectivity index (χ0n) is 20.5. The molecule has 1 N–H and O–H groups in total. The van der Waals surface area contributed by atoms with Crippen LogP contribution in [-0.2, 0) is 0 Å². The Balaban J connectivity index is 1.72. The zero-order valence-corrected chi connectivity index (χ0v) is 22.9. The minimum absolute atomic E-state index is 0.161. The third-order valence-electron chi connectivity index (χ3n) is 6.60. The highest BCUT2D eigenvalue weighted by Crippen LogP contribution is 2.47. The van der Waals surface area contributed by atoms with Crippen LogP contribution in [0.2, 0.25) is 0 Å². The van der Waals surface area contributed by atoms with Gasteiger partial charge in [-0.1, -0.05) is 28.1 Å². The van der Waals surface area contributed by atoms with Gasteiger partial charge in [0.05, 0.1) is 37.7 Å². The van der Waals surface area contributed by atoms with Crippen molar-refractivity contribution in [2.75, 3.05) is 19.1 Å². The number of aromatic nitrogens is 2. The summed E-state index contributed by atoms with van der Waals surface area (Å²) in [5, 5.41) is 4.15. The first kappa shape index (κ1) is 24.3. The number of benzene rings is 2. The van der Waals surface area contributed by atoms with Gasteiger partial charge in [0.15, 0.2) is 5.11 Å². The monoisotopic (exact) mass is 562 g/mol. The van der Waals surface area contributed by atoms with E-state index in [9.17, 15) is 0 Å². The van der Waals surface area contributed by atoms with Crippen molar-refractivity contribution in [1.29, 1.82) is 0 Å². The fourth-order valence-electron chi connectivity index (χ4n) is 5.02. The Morgan fingerprint density at radius 1 is 0.972 bits per heavy atom. The Hall–Kier alpha value is -3.36.